The average molecular weight is 359 g/mol. The van der Waals surface area contributed by atoms with Gasteiger partial charge in [-0.2, -0.15) is 0 Å². The summed E-state index contributed by atoms with van der Waals surface area (Å²) in [4.78, 5) is 26.5. The molecule has 1 atom stereocenters. The van der Waals surface area contributed by atoms with Crippen molar-refractivity contribution in [3.63, 3.8) is 0 Å². The number of aryl methyl sites for hydroxylation is 1. The maximum atomic E-state index is 12.2. The molecule has 3 rings (SSSR count). The molecule has 0 unspecified atom stereocenters. The minimum atomic E-state index is -0.924. The molecule has 1 N–H and O–H groups in total. The summed E-state index contributed by atoms with van der Waals surface area (Å²) in [7, 11) is 0. The van der Waals surface area contributed by atoms with Crippen LogP contribution in [0.3, 0.4) is 0 Å². The molecule has 0 radical (unpaired) electrons. The lowest BCUT2D eigenvalue weighted by atomic mass is 10.2. The van der Waals surface area contributed by atoms with Gasteiger partial charge in [0.15, 0.2) is 17.6 Å². The number of carbonyl (C=O) groups is 1. The first-order valence-corrected chi connectivity index (χ1v) is 7.89. The Hall–Kier alpha value is -3.36. The third kappa shape index (κ3) is 3.82. The van der Waals surface area contributed by atoms with Crippen LogP contribution in [0.25, 0.3) is 0 Å². The number of rotatable bonds is 6. The van der Waals surface area contributed by atoms with Gasteiger partial charge in [-0.15, -0.1) is 0 Å². The van der Waals surface area contributed by atoms with Gasteiger partial charge < -0.3 is 29.6 Å². The molecule has 1 aromatic carbocycles. The van der Waals surface area contributed by atoms with Crippen LogP contribution in [0.15, 0.2) is 30.3 Å². The van der Waals surface area contributed by atoms with Crippen LogP contribution in [-0.2, 0) is 11.3 Å². The predicted molar refractivity (Wildman–Crippen MR) is 90.1 cm³/mol. The molecular weight excluding hydrogens is 342 g/mol. The number of pyridine rings is 1. The zero-order chi connectivity index (χ0) is 18.7. The molecule has 0 aliphatic carbocycles. The summed E-state index contributed by atoms with van der Waals surface area (Å²) < 4.78 is 15.9. The second-order valence-corrected chi connectivity index (χ2v) is 5.70. The zero-order valence-corrected chi connectivity index (χ0v) is 14.2. The van der Waals surface area contributed by atoms with E-state index >= 15 is 0 Å². The number of carbonyl (C=O) groups excluding carboxylic acids is 1. The van der Waals surface area contributed by atoms with Crippen LogP contribution >= 0.6 is 0 Å². The first kappa shape index (κ1) is 17.5. The summed E-state index contributed by atoms with van der Waals surface area (Å²) in [6.45, 7) is 3.59. The van der Waals surface area contributed by atoms with Gasteiger partial charge in [-0.1, -0.05) is 6.07 Å². The van der Waals surface area contributed by atoms with Crippen molar-refractivity contribution in [3.8, 4) is 17.2 Å². The molecule has 9 nitrogen and oxygen atoms in total. The van der Waals surface area contributed by atoms with Crippen molar-refractivity contribution in [3.05, 3.63) is 51.7 Å². The van der Waals surface area contributed by atoms with E-state index in [2.05, 4.69) is 10.3 Å². The quantitative estimate of drug-likeness (QED) is 0.621. The molecule has 0 saturated heterocycles. The van der Waals surface area contributed by atoms with E-state index in [-0.39, 0.29) is 19.1 Å². The Labute approximate surface area is 149 Å². The number of benzene rings is 1. The Kier molecular flexibility index (Phi) is 4.87. The Balaban J connectivity index is 1.61. The topological polar surface area (TPSA) is 113 Å². The van der Waals surface area contributed by atoms with Crippen LogP contribution in [0.5, 0.6) is 17.2 Å². The lowest BCUT2D eigenvalue weighted by molar-refractivity contribution is -0.390. The van der Waals surface area contributed by atoms with Crippen molar-refractivity contribution in [2.75, 3.05) is 6.79 Å². The van der Waals surface area contributed by atoms with Gasteiger partial charge in [0, 0.05) is 13.5 Å². The molecule has 2 aromatic rings. The molecule has 1 aliphatic rings. The van der Waals surface area contributed by atoms with Gasteiger partial charge in [0.2, 0.25) is 12.5 Å². The number of hydrogen-bond donors (Lipinski definition) is 1. The maximum absolute atomic E-state index is 12.2. The van der Waals surface area contributed by atoms with Crippen LogP contribution in [0.4, 0.5) is 5.82 Å². The molecule has 0 fully saturated rings. The number of nitrogens with one attached hydrogen (secondary N) is 1. The van der Waals surface area contributed by atoms with Gasteiger partial charge in [-0.3, -0.25) is 4.79 Å². The number of hydrogen-bond acceptors (Lipinski definition) is 7. The van der Waals surface area contributed by atoms with Crippen LogP contribution < -0.4 is 19.5 Å². The first-order valence-electron chi connectivity index (χ1n) is 7.89. The standard InChI is InChI=1S/C17H17N3O6/c1-10-3-5-14(16(19-10)20(22)23)26-11(2)17(21)18-8-12-4-6-13-15(7-12)25-9-24-13/h3-7,11H,8-9H2,1-2H3,(H,18,21)/t11-/m0/s1. The minimum Gasteiger partial charge on any atom is -0.473 e. The van der Waals surface area contributed by atoms with Crippen molar-refractivity contribution in [1.29, 1.82) is 0 Å². The molecular formula is C17H17N3O6. The minimum absolute atomic E-state index is 0.0497. The highest BCUT2D eigenvalue weighted by molar-refractivity contribution is 5.80. The van der Waals surface area contributed by atoms with Crippen molar-refractivity contribution in [1.82, 2.24) is 10.3 Å². The van der Waals surface area contributed by atoms with E-state index in [1.165, 1.54) is 13.0 Å². The molecule has 0 saturated carbocycles. The summed E-state index contributed by atoms with van der Waals surface area (Å²) in [5.41, 5.74) is 1.32. The van der Waals surface area contributed by atoms with E-state index in [0.29, 0.717) is 17.2 Å². The molecule has 0 bridgehead atoms. The number of ether oxygens (including phenoxy) is 3. The van der Waals surface area contributed by atoms with Gasteiger partial charge in [-0.25, -0.2) is 0 Å². The Morgan fingerprint density at radius 1 is 1.35 bits per heavy atom. The highest BCUT2D eigenvalue weighted by Gasteiger charge is 2.23. The van der Waals surface area contributed by atoms with Crippen LogP contribution in [0.1, 0.15) is 18.2 Å². The second-order valence-electron chi connectivity index (χ2n) is 5.70. The van der Waals surface area contributed by atoms with Gasteiger partial charge >= 0.3 is 5.82 Å². The zero-order valence-electron chi connectivity index (χ0n) is 14.2. The van der Waals surface area contributed by atoms with Crippen molar-refractivity contribution < 1.29 is 23.9 Å². The molecule has 1 aromatic heterocycles. The normalized spacial score (nSPS) is 13.2. The van der Waals surface area contributed by atoms with Crippen molar-refractivity contribution in [2.45, 2.75) is 26.5 Å². The van der Waals surface area contributed by atoms with Crippen molar-refractivity contribution >= 4 is 11.7 Å². The number of aromatic nitrogens is 1. The summed E-state index contributed by atoms with van der Waals surface area (Å²) in [6.07, 6.45) is -0.924. The van der Waals surface area contributed by atoms with E-state index in [9.17, 15) is 14.9 Å². The lowest BCUT2D eigenvalue weighted by Gasteiger charge is -2.14. The van der Waals surface area contributed by atoms with E-state index in [1.807, 2.05) is 6.07 Å². The largest absolute Gasteiger partial charge is 0.473 e. The van der Waals surface area contributed by atoms with Crippen LogP contribution in [-0.4, -0.2) is 28.7 Å². The highest BCUT2D eigenvalue weighted by Crippen LogP contribution is 2.32. The number of nitrogens with zero attached hydrogens (tertiary/aromatic N) is 2. The number of fused-ring (bicyclic) bond motifs is 1. The van der Waals surface area contributed by atoms with Crippen LogP contribution in [0.2, 0.25) is 0 Å². The lowest BCUT2D eigenvalue weighted by Crippen LogP contribution is -2.36. The fourth-order valence-corrected chi connectivity index (χ4v) is 2.38. The first-order chi connectivity index (χ1) is 12.4. The molecule has 9 heteroatoms. The molecule has 136 valence electrons. The van der Waals surface area contributed by atoms with Gasteiger partial charge in [-0.05, 0) is 46.7 Å². The van der Waals surface area contributed by atoms with Gasteiger partial charge in [0.05, 0.1) is 0 Å². The summed E-state index contributed by atoms with van der Waals surface area (Å²) >= 11 is 0. The third-order valence-electron chi connectivity index (χ3n) is 3.73. The monoisotopic (exact) mass is 359 g/mol. The van der Waals surface area contributed by atoms with E-state index < -0.39 is 22.8 Å². The third-order valence-corrected chi connectivity index (χ3v) is 3.73. The van der Waals surface area contributed by atoms with E-state index in [0.717, 1.165) is 5.56 Å². The SMILES string of the molecule is Cc1ccc(O[C@@H](C)C(=O)NCc2ccc3c(c2)OCO3)c([N+](=O)[O-])n1. The number of nitro groups is 1. The fraction of sp³-hybridized carbons (Fsp3) is 0.294. The predicted octanol–water partition coefficient (Wildman–Crippen LogP) is 2.11. The average Bonchev–Trinajstić information content (AvgIpc) is 3.08. The summed E-state index contributed by atoms with van der Waals surface area (Å²) in [6, 6.07) is 8.38. The Bertz CT molecular complexity index is 854. The molecule has 0 spiro atoms. The summed E-state index contributed by atoms with van der Waals surface area (Å²) in [5, 5.41) is 13.8. The highest BCUT2D eigenvalue weighted by atomic mass is 16.7. The summed E-state index contributed by atoms with van der Waals surface area (Å²) in [5.74, 6) is 0.419. The maximum Gasteiger partial charge on any atom is 0.406 e. The number of amides is 1. The second kappa shape index (κ2) is 7.26. The smallest absolute Gasteiger partial charge is 0.406 e. The van der Waals surface area contributed by atoms with E-state index in [1.54, 1.807) is 25.1 Å². The molecule has 1 aliphatic heterocycles. The molecule has 2 heterocycles. The Morgan fingerprint density at radius 3 is 2.88 bits per heavy atom. The van der Waals surface area contributed by atoms with E-state index in [4.69, 9.17) is 14.2 Å². The molecule has 1 amide bonds. The molecule has 26 heavy (non-hydrogen) atoms. The van der Waals surface area contributed by atoms with Gasteiger partial charge in [0.1, 0.15) is 5.69 Å². The van der Waals surface area contributed by atoms with Gasteiger partial charge in [0.25, 0.3) is 5.91 Å². The van der Waals surface area contributed by atoms with Crippen molar-refractivity contribution in [2.24, 2.45) is 0 Å². The van der Waals surface area contributed by atoms with Crippen LogP contribution in [0, 0.1) is 17.0 Å². The Morgan fingerprint density at radius 2 is 2.12 bits per heavy atom. The fourth-order valence-electron chi connectivity index (χ4n) is 2.38.